The van der Waals surface area contributed by atoms with Gasteiger partial charge < -0.3 is 98.4 Å². The number of hydrogen-bond donors (Lipinski definition) is 9. The standard InChI is InChI=1S/C65H83N5O21/c1-35-42(28-40-21-12-13-22-45(40)84-35)34-83-57-51(74)48(32-71)88-63(55(57)78)82-26-23-66-60(79)41-29-44(70-31-43(67-68-70)38-17-8-4-9-18-38)56(91-64-54(77)53(76)50(73)36(2)85-64)46(30-41)87-65-59(90-62(81)39-19-10-5-11-20-39)58(52(75)49(33-72)89-65)86-47(61(80)69-24-14-25-69)27-37-15-6-3-7-16-37/h4-5,8-13,17-22,28,31,36-37,41,44,46-59,63-65,71-78H,1,3,6-7,14-16,23-27,29-30,32-34H2,2H3,(H,66,79)/t36?,41?,44?,46-,47+,48?,49+,50-,51-,52+,53+,54?,55?,56-,57?,58?,59?,63+,64+,65-/m1/s1. The molecule has 2 amide bonds. The van der Waals surface area contributed by atoms with Gasteiger partial charge in [-0.1, -0.05) is 111 Å². The molecule has 494 valence electrons. The van der Waals surface area contributed by atoms with Crippen LogP contribution in [0.5, 0.6) is 5.75 Å². The van der Waals surface area contributed by atoms with Gasteiger partial charge in [0.2, 0.25) is 5.91 Å². The van der Waals surface area contributed by atoms with Gasteiger partial charge in [-0.25, -0.2) is 9.48 Å². The Balaban J connectivity index is 0.889. The first kappa shape index (κ1) is 66.3. The first-order chi connectivity index (χ1) is 44.1. The van der Waals surface area contributed by atoms with E-state index in [1.54, 1.807) is 35.4 Å². The van der Waals surface area contributed by atoms with Gasteiger partial charge in [-0.05, 0) is 62.8 Å². The van der Waals surface area contributed by atoms with Gasteiger partial charge >= 0.3 is 5.97 Å². The predicted octanol–water partition coefficient (Wildman–Crippen LogP) is 1.70. The Morgan fingerprint density at radius 1 is 0.714 bits per heavy atom. The summed E-state index contributed by atoms with van der Waals surface area (Å²) in [6, 6.07) is 23.4. The van der Waals surface area contributed by atoms with Gasteiger partial charge in [0.15, 0.2) is 25.0 Å². The second-order valence-corrected chi connectivity index (χ2v) is 24.5. The van der Waals surface area contributed by atoms with Crippen molar-refractivity contribution in [2.45, 2.75) is 181 Å². The lowest BCUT2D eigenvalue weighted by Crippen LogP contribution is -2.64. The van der Waals surface area contributed by atoms with Gasteiger partial charge in [0, 0.05) is 42.3 Å². The molecule has 6 heterocycles. The number of esters is 1. The number of fused-ring (bicyclic) bond motifs is 1. The number of nitrogens with zero attached hydrogens (tertiary/aromatic N) is 4. The fraction of sp³-hybridized carbons (Fsp3) is 0.585. The highest BCUT2D eigenvalue weighted by Gasteiger charge is 2.55. The van der Waals surface area contributed by atoms with E-state index in [4.69, 9.17) is 47.4 Å². The van der Waals surface area contributed by atoms with Crippen LogP contribution in [0.25, 0.3) is 17.3 Å². The first-order valence-electron chi connectivity index (χ1n) is 31.5. The third-order valence-electron chi connectivity index (χ3n) is 18.4. The van der Waals surface area contributed by atoms with Crippen molar-refractivity contribution in [3.8, 4) is 17.0 Å². The van der Waals surface area contributed by atoms with Crippen molar-refractivity contribution in [1.29, 1.82) is 0 Å². The number of hydrogen-bond acceptors (Lipinski definition) is 23. The molecule has 6 fully saturated rings. The van der Waals surface area contributed by atoms with E-state index in [2.05, 4.69) is 22.2 Å². The molecule has 3 aromatic carbocycles. The second-order valence-electron chi connectivity index (χ2n) is 24.5. The van der Waals surface area contributed by atoms with Crippen LogP contribution in [-0.4, -0.2) is 235 Å². The minimum Gasteiger partial charge on any atom is -0.457 e. The Morgan fingerprint density at radius 2 is 1.41 bits per heavy atom. The lowest BCUT2D eigenvalue weighted by atomic mass is 9.80. The SMILES string of the molecule is C=C1Oc2ccccc2C=C1COC1C(O)[C@@H](OCCNC(=O)C2CC(n3cc(-c4ccccc4)nn3)[C@@H](O[C@@H]3OC(C)[C@@H](O)[C@H](O)C3O)[C@H](O[C@@H]3O[C@@H](CO)[C@H](O)C(O[C@@H](CC4CCCCC4)C(=O)N4CCC4)C3OC(=O)c3ccccc3)C2)OC(CO)[C@H]1O. The average Bonchev–Trinajstić information content (AvgIpc) is 1.65. The molecular formula is C65H83N5O21. The summed E-state index contributed by atoms with van der Waals surface area (Å²) in [6.45, 7) is 4.43. The number of likely N-dealkylation sites (tertiary alicyclic amines) is 1. The lowest BCUT2D eigenvalue weighted by molar-refractivity contribution is -0.348. The van der Waals surface area contributed by atoms with Crippen LogP contribution >= 0.6 is 0 Å². The molecule has 20 atom stereocenters. The van der Waals surface area contributed by atoms with Crippen molar-refractivity contribution in [2.24, 2.45) is 11.8 Å². The van der Waals surface area contributed by atoms with Crippen LogP contribution in [-0.2, 0) is 52.2 Å². The van der Waals surface area contributed by atoms with E-state index in [0.717, 1.165) is 44.1 Å². The summed E-state index contributed by atoms with van der Waals surface area (Å²) in [4.78, 5) is 45.4. The Hall–Kier alpha value is -6.15. The summed E-state index contributed by atoms with van der Waals surface area (Å²) >= 11 is 0. The molecule has 26 nitrogen and oxygen atoms in total. The summed E-state index contributed by atoms with van der Waals surface area (Å²) < 4.78 is 64.6. The zero-order valence-electron chi connectivity index (χ0n) is 50.6. The van der Waals surface area contributed by atoms with E-state index in [1.165, 1.54) is 23.7 Å². The Morgan fingerprint density at radius 3 is 2.12 bits per heavy atom. The highest BCUT2D eigenvalue weighted by atomic mass is 16.8. The smallest absolute Gasteiger partial charge is 0.338 e. The molecule has 26 heteroatoms. The zero-order chi connectivity index (χ0) is 63.9. The molecule has 9 N–H and O–H groups in total. The highest BCUT2D eigenvalue weighted by Crippen LogP contribution is 2.42. The third-order valence-corrected chi connectivity index (χ3v) is 18.4. The molecule has 1 aromatic heterocycles. The van der Waals surface area contributed by atoms with E-state index < -0.39 is 147 Å². The van der Waals surface area contributed by atoms with Crippen molar-refractivity contribution in [1.82, 2.24) is 25.2 Å². The Kier molecular flexibility index (Phi) is 22.1. The summed E-state index contributed by atoms with van der Waals surface area (Å²) in [7, 11) is 0. The van der Waals surface area contributed by atoms with Crippen molar-refractivity contribution >= 4 is 23.9 Å². The molecule has 2 aliphatic carbocycles. The molecule has 5 aliphatic heterocycles. The number of rotatable bonds is 23. The topological polar surface area (TPSA) is 351 Å². The maximum absolute atomic E-state index is 14.9. The van der Waals surface area contributed by atoms with Gasteiger partial charge in [-0.2, -0.15) is 0 Å². The van der Waals surface area contributed by atoms with Gasteiger partial charge in [0.25, 0.3) is 5.91 Å². The maximum Gasteiger partial charge on any atom is 0.338 e. The van der Waals surface area contributed by atoms with Crippen LogP contribution in [0.3, 0.4) is 0 Å². The molecule has 4 aromatic rings. The number of nitrogens with one attached hydrogen (secondary N) is 1. The molecule has 4 saturated heterocycles. The molecule has 11 rings (SSSR count). The van der Waals surface area contributed by atoms with E-state index in [9.17, 15) is 55.2 Å². The number of aliphatic hydroxyl groups excluding tert-OH is 8. The first-order valence-corrected chi connectivity index (χ1v) is 31.5. The Labute approximate surface area is 526 Å². The minimum atomic E-state index is -1.84. The van der Waals surface area contributed by atoms with E-state index in [-0.39, 0.29) is 50.0 Å². The molecule has 2 saturated carbocycles. The highest BCUT2D eigenvalue weighted by molar-refractivity contribution is 5.89. The summed E-state index contributed by atoms with van der Waals surface area (Å²) in [5.74, 6) is -1.74. The Bertz CT molecular complexity index is 3100. The van der Waals surface area contributed by atoms with Crippen LogP contribution < -0.4 is 10.1 Å². The normalized spacial score (nSPS) is 34.0. The number of aromatic nitrogens is 3. The van der Waals surface area contributed by atoms with Gasteiger partial charge in [-0.15, -0.1) is 5.10 Å². The number of amides is 2. The van der Waals surface area contributed by atoms with Crippen molar-refractivity contribution < 1.29 is 103 Å². The second kappa shape index (κ2) is 30.3. The molecule has 0 bridgehead atoms. The monoisotopic (exact) mass is 1270 g/mol. The molecule has 7 aliphatic rings. The maximum atomic E-state index is 14.9. The van der Waals surface area contributed by atoms with Crippen molar-refractivity contribution in [3.63, 3.8) is 0 Å². The van der Waals surface area contributed by atoms with Crippen molar-refractivity contribution in [3.05, 3.63) is 120 Å². The number of ether oxygens (including phenoxy) is 10. The largest absolute Gasteiger partial charge is 0.457 e. The number of carbonyl (C=O) groups is 3. The van der Waals surface area contributed by atoms with Gasteiger partial charge in [0.1, 0.15) is 90.5 Å². The summed E-state index contributed by atoms with van der Waals surface area (Å²) in [5.41, 5.74) is 2.54. The minimum absolute atomic E-state index is 0.0690. The number of aliphatic hydroxyl groups is 8. The third kappa shape index (κ3) is 15.3. The van der Waals surface area contributed by atoms with Crippen LogP contribution in [0.1, 0.15) is 86.7 Å². The van der Waals surface area contributed by atoms with Gasteiger partial charge in [0.05, 0.1) is 56.4 Å². The van der Waals surface area contributed by atoms with E-state index in [1.807, 2.05) is 54.6 Å². The summed E-state index contributed by atoms with van der Waals surface area (Å²) in [6.07, 6.45) is -18.0. The molecule has 0 radical (unpaired) electrons. The van der Waals surface area contributed by atoms with Gasteiger partial charge in [-0.3, -0.25) is 9.59 Å². The lowest BCUT2D eigenvalue weighted by Gasteiger charge is -2.49. The number of carbonyl (C=O) groups excluding carboxylic acids is 3. The van der Waals surface area contributed by atoms with Crippen molar-refractivity contribution in [2.75, 3.05) is 46.1 Å². The van der Waals surface area contributed by atoms with Crippen LogP contribution in [0.2, 0.25) is 0 Å². The number of benzene rings is 3. The molecule has 91 heavy (non-hydrogen) atoms. The summed E-state index contributed by atoms with van der Waals surface area (Å²) in [5, 5.41) is 102. The van der Waals surface area contributed by atoms with Crippen LogP contribution in [0.15, 0.2) is 109 Å². The predicted molar refractivity (Wildman–Crippen MR) is 318 cm³/mol. The van der Waals surface area contributed by atoms with Crippen LogP contribution in [0, 0.1) is 11.8 Å². The van der Waals surface area contributed by atoms with E-state index in [0.29, 0.717) is 47.8 Å². The quantitative estimate of drug-likeness (QED) is 0.0377. The number of para-hydroxylation sites is 1. The molecule has 0 spiro atoms. The average molecular weight is 1270 g/mol. The molecule has 9 unspecified atom stereocenters. The fourth-order valence-corrected chi connectivity index (χ4v) is 13.0. The zero-order valence-corrected chi connectivity index (χ0v) is 50.6. The molecular weight excluding hydrogens is 1190 g/mol. The van der Waals surface area contributed by atoms with E-state index >= 15 is 0 Å². The van der Waals surface area contributed by atoms with Crippen LogP contribution in [0.4, 0.5) is 0 Å². The fourth-order valence-electron chi connectivity index (χ4n) is 13.0.